The summed E-state index contributed by atoms with van der Waals surface area (Å²) in [5.41, 5.74) is 2.24. The summed E-state index contributed by atoms with van der Waals surface area (Å²) in [5, 5.41) is 10.5. The molecule has 2 aromatic rings. The van der Waals surface area contributed by atoms with Crippen LogP contribution in [0.15, 0.2) is 48.5 Å². The molecule has 2 aromatic carbocycles. The average molecular weight is 359 g/mol. The van der Waals surface area contributed by atoms with Crippen molar-refractivity contribution in [3.63, 3.8) is 0 Å². The number of benzene rings is 2. The Labute approximate surface area is 156 Å². The molecule has 0 amide bonds. The zero-order chi connectivity index (χ0) is 18.8. The lowest BCUT2D eigenvalue weighted by Gasteiger charge is -2.25. The molecule has 0 fully saturated rings. The van der Waals surface area contributed by atoms with Gasteiger partial charge >= 0.3 is 0 Å². The van der Waals surface area contributed by atoms with Crippen LogP contribution in [0, 0.1) is 0 Å². The quantitative estimate of drug-likeness (QED) is 0.669. The van der Waals surface area contributed by atoms with Crippen LogP contribution >= 0.6 is 0 Å². The molecule has 26 heavy (non-hydrogen) atoms. The number of ether oxygens (including phenoxy) is 3. The Morgan fingerprint density at radius 3 is 2.31 bits per heavy atom. The van der Waals surface area contributed by atoms with Crippen molar-refractivity contribution in [1.82, 2.24) is 4.90 Å². The van der Waals surface area contributed by atoms with Crippen LogP contribution in [0.5, 0.6) is 11.5 Å². The van der Waals surface area contributed by atoms with E-state index in [4.69, 9.17) is 14.2 Å². The van der Waals surface area contributed by atoms with E-state index in [1.165, 1.54) is 0 Å². The predicted molar refractivity (Wildman–Crippen MR) is 103 cm³/mol. The van der Waals surface area contributed by atoms with E-state index in [0.29, 0.717) is 37.6 Å². The number of rotatable bonds is 11. The fourth-order valence-electron chi connectivity index (χ4n) is 2.94. The topological polar surface area (TPSA) is 51.2 Å². The van der Waals surface area contributed by atoms with Crippen LogP contribution < -0.4 is 9.47 Å². The molecule has 1 N–H and O–H groups in total. The molecule has 0 aliphatic carbocycles. The third-order valence-electron chi connectivity index (χ3n) is 4.25. The molecular formula is C21H29NO4. The van der Waals surface area contributed by atoms with Crippen molar-refractivity contribution >= 4 is 0 Å². The maximum atomic E-state index is 10.5. The Kier molecular flexibility index (Phi) is 8.41. The van der Waals surface area contributed by atoms with Crippen LogP contribution in [0.3, 0.4) is 0 Å². The summed E-state index contributed by atoms with van der Waals surface area (Å²) >= 11 is 0. The van der Waals surface area contributed by atoms with E-state index in [0.717, 1.165) is 17.7 Å². The zero-order valence-electron chi connectivity index (χ0n) is 15.9. The van der Waals surface area contributed by atoms with Gasteiger partial charge in [0.1, 0.15) is 0 Å². The average Bonchev–Trinajstić information content (AvgIpc) is 2.66. The highest BCUT2D eigenvalue weighted by Crippen LogP contribution is 2.28. The van der Waals surface area contributed by atoms with Crippen molar-refractivity contribution in [3.8, 4) is 11.5 Å². The highest BCUT2D eigenvalue weighted by atomic mass is 16.5. The molecule has 0 spiro atoms. The monoisotopic (exact) mass is 359 g/mol. The van der Waals surface area contributed by atoms with Crippen LogP contribution in [-0.4, -0.2) is 57.1 Å². The first-order valence-corrected chi connectivity index (χ1v) is 8.80. The number of methoxy groups -OCH3 is 3. The zero-order valence-corrected chi connectivity index (χ0v) is 15.9. The Hall–Kier alpha value is -2.08. The third kappa shape index (κ3) is 6.33. The summed E-state index contributed by atoms with van der Waals surface area (Å²) in [6.45, 7) is 2.64. The molecule has 1 unspecified atom stereocenters. The first-order valence-electron chi connectivity index (χ1n) is 8.80. The van der Waals surface area contributed by atoms with Gasteiger partial charge in [-0.1, -0.05) is 36.4 Å². The van der Waals surface area contributed by atoms with Crippen molar-refractivity contribution in [1.29, 1.82) is 0 Å². The molecule has 0 bridgehead atoms. The summed E-state index contributed by atoms with van der Waals surface area (Å²) in [7, 11) is 4.95. The van der Waals surface area contributed by atoms with Crippen molar-refractivity contribution < 1.29 is 19.3 Å². The summed E-state index contributed by atoms with van der Waals surface area (Å²) in [4.78, 5) is 2.19. The van der Waals surface area contributed by atoms with Gasteiger partial charge in [-0.05, 0) is 29.7 Å². The molecule has 142 valence electrons. The number of nitrogens with zero attached hydrogens (tertiary/aromatic N) is 1. The second-order valence-electron chi connectivity index (χ2n) is 6.26. The normalized spacial score (nSPS) is 12.2. The minimum Gasteiger partial charge on any atom is -0.493 e. The summed E-state index contributed by atoms with van der Waals surface area (Å²) in [6, 6.07) is 15.9. The number of hydrogen-bond acceptors (Lipinski definition) is 5. The van der Waals surface area contributed by atoms with Crippen molar-refractivity contribution in [2.45, 2.75) is 19.1 Å². The van der Waals surface area contributed by atoms with Gasteiger partial charge in [0.25, 0.3) is 0 Å². The maximum absolute atomic E-state index is 10.5. The molecule has 0 aliphatic rings. The van der Waals surface area contributed by atoms with Crippen LogP contribution in [0.1, 0.15) is 11.1 Å². The molecule has 0 heterocycles. The van der Waals surface area contributed by atoms with Crippen LogP contribution in [0.25, 0.3) is 0 Å². The maximum Gasteiger partial charge on any atom is 0.161 e. The smallest absolute Gasteiger partial charge is 0.161 e. The SMILES string of the molecule is COCCN(Cc1ccc(OC)c(OC)c1)CC(O)Cc1ccccc1. The second kappa shape index (κ2) is 10.8. The van der Waals surface area contributed by atoms with Gasteiger partial charge < -0.3 is 19.3 Å². The first kappa shape index (κ1) is 20.2. The number of aliphatic hydroxyl groups excluding tert-OH is 1. The molecule has 2 rings (SSSR count). The molecule has 0 saturated heterocycles. The molecule has 0 aromatic heterocycles. The van der Waals surface area contributed by atoms with E-state index >= 15 is 0 Å². The predicted octanol–water partition coefficient (Wildman–Crippen LogP) is 2.76. The van der Waals surface area contributed by atoms with Crippen LogP contribution in [0.4, 0.5) is 0 Å². The fraction of sp³-hybridized carbons (Fsp3) is 0.429. The highest BCUT2D eigenvalue weighted by Gasteiger charge is 2.14. The lowest BCUT2D eigenvalue weighted by atomic mass is 10.1. The largest absolute Gasteiger partial charge is 0.493 e. The molecular weight excluding hydrogens is 330 g/mol. The summed E-state index contributed by atoms with van der Waals surface area (Å²) < 4.78 is 15.9. The molecule has 0 saturated carbocycles. The van der Waals surface area contributed by atoms with Crippen LogP contribution in [-0.2, 0) is 17.7 Å². The lowest BCUT2D eigenvalue weighted by molar-refractivity contribution is 0.0851. The van der Waals surface area contributed by atoms with E-state index in [-0.39, 0.29) is 0 Å². The Bertz CT molecular complexity index is 648. The number of hydrogen-bond donors (Lipinski definition) is 1. The van der Waals surface area contributed by atoms with Gasteiger partial charge in [-0.15, -0.1) is 0 Å². The number of aliphatic hydroxyl groups is 1. The highest BCUT2D eigenvalue weighted by molar-refractivity contribution is 5.42. The standard InChI is InChI=1S/C21H29NO4/c1-24-12-11-22(16-19(23)13-17-7-5-4-6-8-17)15-18-9-10-20(25-2)21(14-18)26-3/h4-10,14,19,23H,11-13,15-16H2,1-3H3. The van der Waals surface area contributed by atoms with Crippen molar-refractivity contribution in [3.05, 3.63) is 59.7 Å². The molecule has 1 atom stereocenters. The minimum atomic E-state index is -0.436. The first-order chi connectivity index (χ1) is 12.7. The van der Waals surface area contributed by atoms with Gasteiger partial charge in [0.05, 0.1) is 26.9 Å². The van der Waals surface area contributed by atoms with E-state index in [9.17, 15) is 5.11 Å². The Balaban J connectivity index is 2.02. The summed E-state index contributed by atoms with van der Waals surface area (Å²) in [6.07, 6.45) is 0.199. The van der Waals surface area contributed by atoms with E-state index in [1.54, 1.807) is 21.3 Å². The van der Waals surface area contributed by atoms with Gasteiger partial charge in [0.2, 0.25) is 0 Å². The van der Waals surface area contributed by atoms with Gasteiger partial charge in [0, 0.05) is 26.7 Å². The second-order valence-corrected chi connectivity index (χ2v) is 6.26. The lowest BCUT2D eigenvalue weighted by Crippen LogP contribution is -2.35. The molecule has 0 aliphatic heterocycles. The van der Waals surface area contributed by atoms with Gasteiger partial charge in [-0.3, -0.25) is 4.90 Å². The van der Waals surface area contributed by atoms with Crippen molar-refractivity contribution in [2.75, 3.05) is 41.0 Å². The Morgan fingerprint density at radius 1 is 0.923 bits per heavy atom. The summed E-state index contributed by atoms with van der Waals surface area (Å²) in [5.74, 6) is 1.42. The van der Waals surface area contributed by atoms with E-state index in [1.807, 2.05) is 48.5 Å². The van der Waals surface area contributed by atoms with Crippen molar-refractivity contribution in [2.24, 2.45) is 0 Å². The fourth-order valence-corrected chi connectivity index (χ4v) is 2.94. The van der Waals surface area contributed by atoms with Gasteiger partial charge in [0.15, 0.2) is 11.5 Å². The molecule has 5 nitrogen and oxygen atoms in total. The van der Waals surface area contributed by atoms with E-state index in [2.05, 4.69) is 4.90 Å². The molecule has 5 heteroatoms. The Morgan fingerprint density at radius 2 is 1.65 bits per heavy atom. The van der Waals surface area contributed by atoms with Gasteiger partial charge in [-0.2, -0.15) is 0 Å². The molecule has 0 radical (unpaired) electrons. The van der Waals surface area contributed by atoms with Gasteiger partial charge in [-0.25, -0.2) is 0 Å². The van der Waals surface area contributed by atoms with E-state index < -0.39 is 6.10 Å². The third-order valence-corrected chi connectivity index (χ3v) is 4.25. The van der Waals surface area contributed by atoms with Crippen LogP contribution in [0.2, 0.25) is 0 Å². The minimum absolute atomic E-state index is 0.436.